The highest BCUT2D eigenvalue weighted by Gasteiger charge is 2.34. The second-order valence-electron chi connectivity index (χ2n) is 5.57. The summed E-state index contributed by atoms with van der Waals surface area (Å²) in [5, 5.41) is 0.263. The molecule has 9 heteroatoms. The molecule has 1 heterocycles. The van der Waals surface area contributed by atoms with Gasteiger partial charge in [0.15, 0.2) is 0 Å². The van der Waals surface area contributed by atoms with Crippen LogP contribution in [0.15, 0.2) is 17.0 Å². The van der Waals surface area contributed by atoms with Gasteiger partial charge in [-0.2, -0.15) is 4.31 Å². The molecule has 1 aromatic carbocycles. The minimum absolute atomic E-state index is 0.00849. The second-order valence-corrected chi connectivity index (χ2v) is 7.88. The molecule has 0 radical (unpaired) electrons. The van der Waals surface area contributed by atoms with Crippen molar-refractivity contribution >= 4 is 27.6 Å². The highest BCUT2D eigenvalue weighted by Crippen LogP contribution is 2.37. The van der Waals surface area contributed by atoms with Gasteiger partial charge in [0.25, 0.3) is 0 Å². The van der Waals surface area contributed by atoms with E-state index in [1.54, 1.807) is 6.92 Å². The van der Waals surface area contributed by atoms with Crippen LogP contribution in [0.3, 0.4) is 0 Å². The Morgan fingerprint density at radius 2 is 1.80 bits per heavy atom. The molecule has 2 rings (SSSR count). The predicted octanol–water partition coefficient (Wildman–Crippen LogP) is 2.32. The minimum Gasteiger partial charge on any atom is -0.495 e. The monoisotopic (exact) mass is 391 g/mol. The molecule has 25 heavy (non-hydrogen) atoms. The Morgan fingerprint density at radius 3 is 2.32 bits per heavy atom. The van der Waals surface area contributed by atoms with Crippen LogP contribution in [0.2, 0.25) is 5.02 Å². The molecule has 1 aliphatic heterocycles. The Labute approximate surface area is 152 Å². The number of nitrogens with zero attached hydrogens (tertiary/aromatic N) is 1. The van der Waals surface area contributed by atoms with E-state index in [0.29, 0.717) is 19.4 Å². The SMILES string of the molecule is CCOC(=O)C1CCN(S(=O)(=O)c2cc(OC)c(Cl)cc2OC)CC1. The normalized spacial score (nSPS) is 16.5. The van der Waals surface area contributed by atoms with Crippen molar-refractivity contribution in [1.82, 2.24) is 4.31 Å². The van der Waals surface area contributed by atoms with Crippen LogP contribution in [0, 0.1) is 5.92 Å². The van der Waals surface area contributed by atoms with Crippen molar-refractivity contribution in [2.45, 2.75) is 24.7 Å². The first-order valence-electron chi connectivity index (χ1n) is 7.93. The molecule has 0 unspecified atom stereocenters. The maximum absolute atomic E-state index is 13.0. The zero-order chi connectivity index (χ0) is 18.6. The molecule has 0 aromatic heterocycles. The van der Waals surface area contributed by atoms with Crippen LogP contribution in [0.5, 0.6) is 11.5 Å². The van der Waals surface area contributed by atoms with Crippen LogP contribution in [-0.4, -0.2) is 52.6 Å². The van der Waals surface area contributed by atoms with E-state index >= 15 is 0 Å². The third-order valence-electron chi connectivity index (χ3n) is 4.13. The molecule has 1 aliphatic rings. The number of halogens is 1. The first kappa shape index (κ1) is 19.8. The van der Waals surface area contributed by atoms with E-state index in [-0.39, 0.29) is 46.4 Å². The Kier molecular flexibility index (Phi) is 6.53. The predicted molar refractivity (Wildman–Crippen MR) is 92.7 cm³/mol. The summed E-state index contributed by atoms with van der Waals surface area (Å²) in [6, 6.07) is 2.77. The molecule has 0 N–H and O–H groups in total. The summed E-state index contributed by atoms with van der Waals surface area (Å²) in [4.78, 5) is 11.8. The lowest BCUT2D eigenvalue weighted by atomic mass is 9.98. The van der Waals surface area contributed by atoms with Crippen molar-refractivity contribution in [1.29, 1.82) is 0 Å². The van der Waals surface area contributed by atoms with Crippen LogP contribution in [0.4, 0.5) is 0 Å². The highest BCUT2D eigenvalue weighted by atomic mass is 35.5. The molecule has 0 saturated carbocycles. The summed E-state index contributed by atoms with van der Waals surface area (Å²) >= 11 is 6.03. The first-order chi connectivity index (χ1) is 11.8. The number of benzene rings is 1. The summed E-state index contributed by atoms with van der Waals surface area (Å²) in [6.45, 7) is 2.54. The van der Waals surface area contributed by atoms with Gasteiger partial charge in [0.1, 0.15) is 16.4 Å². The van der Waals surface area contributed by atoms with Crippen LogP contribution >= 0.6 is 11.6 Å². The summed E-state index contributed by atoms with van der Waals surface area (Å²) < 4.78 is 42.6. The minimum atomic E-state index is -3.80. The Hall–Kier alpha value is -1.51. The molecule has 1 aromatic rings. The number of ether oxygens (including phenoxy) is 3. The molecular weight excluding hydrogens is 370 g/mol. The fourth-order valence-electron chi connectivity index (χ4n) is 2.77. The van der Waals surface area contributed by atoms with E-state index in [2.05, 4.69) is 0 Å². The Morgan fingerprint density at radius 1 is 1.20 bits per heavy atom. The highest BCUT2D eigenvalue weighted by molar-refractivity contribution is 7.89. The van der Waals surface area contributed by atoms with Crippen molar-refractivity contribution in [3.63, 3.8) is 0 Å². The van der Waals surface area contributed by atoms with Crippen molar-refractivity contribution < 1.29 is 27.4 Å². The quantitative estimate of drug-likeness (QED) is 0.692. The molecule has 0 spiro atoms. The van der Waals surface area contributed by atoms with Crippen LogP contribution < -0.4 is 9.47 Å². The van der Waals surface area contributed by atoms with Gasteiger partial charge in [0.05, 0.1) is 31.8 Å². The number of rotatable bonds is 6. The largest absolute Gasteiger partial charge is 0.495 e. The molecule has 1 fully saturated rings. The smallest absolute Gasteiger partial charge is 0.309 e. The number of hydrogen-bond donors (Lipinski definition) is 0. The Balaban J connectivity index is 2.24. The van der Waals surface area contributed by atoms with Crippen LogP contribution in [0.1, 0.15) is 19.8 Å². The lowest BCUT2D eigenvalue weighted by Gasteiger charge is -2.30. The third-order valence-corrected chi connectivity index (χ3v) is 6.34. The topological polar surface area (TPSA) is 82.1 Å². The van der Waals surface area contributed by atoms with E-state index in [9.17, 15) is 13.2 Å². The van der Waals surface area contributed by atoms with E-state index < -0.39 is 10.0 Å². The zero-order valence-electron chi connectivity index (χ0n) is 14.5. The standard InChI is InChI=1S/C16H22ClNO6S/c1-4-24-16(19)11-5-7-18(8-6-11)25(20,21)15-10-13(22-2)12(17)9-14(15)23-3/h9-11H,4-8H2,1-3H3. The molecule has 0 aliphatic carbocycles. The average molecular weight is 392 g/mol. The van der Waals surface area contributed by atoms with E-state index in [1.807, 2.05) is 0 Å². The third kappa shape index (κ3) is 4.19. The van der Waals surface area contributed by atoms with Crippen LogP contribution in [0.25, 0.3) is 0 Å². The molecule has 1 saturated heterocycles. The summed E-state index contributed by atoms with van der Waals surface area (Å²) in [7, 11) is -1.01. The van der Waals surface area contributed by atoms with Crippen molar-refractivity contribution in [2.24, 2.45) is 5.92 Å². The van der Waals surface area contributed by atoms with E-state index in [4.69, 9.17) is 25.8 Å². The fourth-order valence-corrected chi connectivity index (χ4v) is 4.62. The van der Waals surface area contributed by atoms with Crippen molar-refractivity contribution in [2.75, 3.05) is 33.9 Å². The van der Waals surface area contributed by atoms with Gasteiger partial charge in [0, 0.05) is 25.2 Å². The number of esters is 1. The zero-order valence-corrected chi connectivity index (χ0v) is 16.0. The number of piperidine rings is 1. The first-order valence-corrected chi connectivity index (χ1v) is 9.75. The number of methoxy groups -OCH3 is 2. The molecule has 0 bridgehead atoms. The van der Waals surface area contributed by atoms with E-state index in [0.717, 1.165) is 0 Å². The van der Waals surface area contributed by atoms with E-state index in [1.165, 1.54) is 30.7 Å². The van der Waals surface area contributed by atoms with Crippen molar-refractivity contribution in [3.8, 4) is 11.5 Å². The van der Waals surface area contributed by atoms with Crippen LogP contribution in [-0.2, 0) is 19.6 Å². The van der Waals surface area contributed by atoms with Crippen molar-refractivity contribution in [3.05, 3.63) is 17.2 Å². The maximum atomic E-state index is 13.0. The fraction of sp³-hybridized carbons (Fsp3) is 0.562. The number of carbonyl (C=O) groups excluding carboxylic acids is 1. The number of carbonyl (C=O) groups is 1. The van der Waals surface area contributed by atoms with Gasteiger partial charge in [0.2, 0.25) is 10.0 Å². The maximum Gasteiger partial charge on any atom is 0.309 e. The summed E-state index contributed by atoms with van der Waals surface area (Å²) in [5.41, 5.74) is 0. The lowest BCUT2D eigenvalue weighted by Crippen LogP contribution is -2.40. The lowest BCUT2D eigenvalue weighted by molar-refractivity contribution is -0.149. The van der Waals surface area contributed by atoms with Gasteiger partial charge in [-0.1, -0.05) is 11.6 Å². The van der Waals surface area contributed by atoms with Gasteiger partial charge < -0.3 is 14.2 Å². The molecule has 0 atom stereocenters. The molecule has 140 valence electrons. The second kappa shape index (κ2) is 8.25. The molecule has 0 amide bonds. The number of hydrogen-bond acceptors (Lipinski definition) is 6. The van der Waals surface area contributed by atoms with Gasteiger partial charge >= 0.3 is 5.97 Å². The summed E-state index contributed by atoms with van der Waals surface area (Å²) in [6.07, 6.45) is 0.843. The summed E-state index contributed by atoms with van der Waals surface area (Å²) in [5.74, 6) is -0.140. The number of sulfonamides is 1. The molecular formula is C16H22ClNO6S. The van der Waals surface area contributed by atoms with Gasteiger partial charge in [-0.25, -0.2) is 8.42 Å². The van der Waals surface area contributed by atoms with Gasteiger partial charge in [-0.15, -0.1) is 0 Å². The van der Waals surface area contributed by atoms with Gasteiger partial charge in [-0.3, -0.25) is 4.79 Å². The van der Waals surface area contributed by atoms with Gasteiger partial charge in [-0.05, 0) is 19.8 Å². The molecule has 7 nitrogen and oxygen atoms in total. The Bertz CT molecular complexity index is 728. The average Bonchev–Trinajstić information content (AvgIpc) is 2.61.